The van der Waals surface area contributed by atoms with Crippen LogP contribution in [0.15, 0.2) is 23.1 Å². The van der Waals surface area contributed by atoms with Gasteiger partial charge < -0.3 is 10.6 Å². The Morgan fingerprint density at radius 1 is 1.24 bits per heavy atom. The number of benzene rings is 1. The molecule has 0 saturated carbocycles. The van der Waals surface area contributed by atoms with Gasteiger partial charge in [-0.25, -0.2) is 17.2 Å². The number of amides is 1. The largest absolute Gasteiger partial charge is 0.356 e. The Kier molecular flexibility index (Phi) is 6.86. The number of sulfonamides is 1. The van der Waals surface area contributed by atoms with Crippen molar-refractivity contribution in [1.29, 1.82) is 0 Å². The van der Waals surface area contributed by atoms with Gasteiger partial charge in [-0.2, -0.15) is 4.31 Å². The van der Waals surface area contributed by atoms with Gasteiger partial charge >= 0.3 is 0 Å². The van der Waals surface area contributed by atoms with E-state index in [0.29, 0.717) is 25.5 Å². The van der Waals surface area contributed by atoms with E-state index in [1.165, 1.54) is 0 Å². The third-order valence-electron chi connectivity index (χ3n) is 4.24. The molecule has 1 saturated heterocycles. The third-order valence-corrected chi connectivity index (χ3v) is 6.15. The van der Waals surface area contributed by atoms with Crippen LogP contribution >= 0.6 is 0 Å². The van der Waals surface area contributed by atoms with Gasteiger partial charge in [0.2, 0.25) is 15.9 Å². The highest BCUT2D eigenvalue weighted by molar-refractivity contribution is 7.89. The predicted octanol–water partition coefficient (Wildman–Crippen LogP) is 1.09. The molecule has 2 N–H and O–H groups in total. The second kappa shape index (κ2) is 8.68. The van der Waals surface area contributed by atoms with Gasteiger partial charge in [0, 0.05) is 25.6 Å². The lowest BCUT2D eigenvalue weighted by Crippen LogP contribution is -2.43. The van der Waals surface area contributed by atoms with Crippen LogP contribution in [0.4, 0.5) is 8.78 Å². The van der Waals surface area contributed by atoms with Crippen molar-refractivity contribution in [2.75, 3.05) is 33.2 Å². The van der Waals surface area contributed by atoms with Crippen molar-refractivity contribution in [3.05, 3.63) is 29.8 Å². The molecular weight excluding hydrogens is 352 g/mol. The SMILES string of the molecule is CNCCCNC(=O)C1CCN(S(=O)(=O)c2cc(F)ccc2F)CC1. The highest BCUT2D eigenvalue weighted by atomic mass is 32.2. The van der Waals surface area contributed by atoms with Gasteiger partial charge in [0.1, 0.15) is 16.5 Å². The molecule has 0 atom stereocenters. The summed E-state index contributed by atoms with van der Waals surface area (Å²) < 4.78 is 53.2. The normalized spacial score (nSPS) is 16.8. The highest BCUT2D eigenvalue weighted by Gasteiger charge is 2.33. The summed E-state index contributed by atoms with van der Waals surface area (Å²) in [6.07, 6.45) is 1.52. The molecule has 0 unspecified atom stereocenters. The lowest BCUT2D eigenvalue weighted by atomic mass is 9.97. The zero-order valence-electron chi connectivity index (χ0n) is 14.1. The van der Waals surface area contributed by atoms with Crippen molar-refractivity contribution in [2.45, 2.75) is 24.2 Å². The summed E-state index contributed by atoms with van der Waals surface area (Å²) in [4.78, 5) is 11.4. The molecule has 0 spiro atoms. The van der Waals surface area contributed by atoms with Crippen LogP contribution in [0.1, 0.15) is 19.3 Å². The Labute approximate surface area is 146 Å². The fourth-order valence-corrected chi connectivity index (χ4v) is 4.34. The monoisotopic (exact) mass is 375 g/mol. The third kappa shape index (κ3) is 4.96. The summed E-state index contributed by atoms with van der Waals surface area (Å²) in [5.41, 5.74) is 0. The smallest absolute Gasteiger partial charge is 0.246 e. The molecule has 0 bridgehead atoms. The second-order valence-corrected chi connectivity index (χ2v) is 7.91. The van der Waals surface area contributed by atoms with E-state index in [-0.39, 0.29) is 24.9 Å². The summed E-state index contributed by atoms with van der Waals surface area (Å²) in [7, 11) is -2.28. The van der Waals surface area contributed by atoms with E-state index < -0.39 is 26.6 Å². The number of halogens is 2. The first kappa shape index (κ1) is 19.7. The zero-order valence-corrected chi connectivity index (χ0v) is 14.9. The van der Waals surface area contributed by atoms with Crippen LogP contribution in [0.25, 0.3) is 0 Å². The lowest BCUT2D eigenvalue weighted by molar-refractivity contribution is -0.126. The van der Waals surface area contributed by atoms with E-state index in [4.69, 9.17) is 0 Å². The number of nitrogens with zero attached hydrogens (tertiary/aromatic N) is 1. The molecule has 0 aliphatic carbocycles. The van der Waals surface area contributed by atoms with Crippen LogP contribution in [-0.2, 0) is 14.8 Å². The van der Waals surface area contributed by atoms with Gasteiger partial charge in [0.25, 0.3) is 0 Å². The van der Waals surface area contributed by atoms with Crippen LogP contribution < -0.4 is 10.6 Å². The summed E-state index contributed by atoms with van der Waals surface area (Å²) in [6, 6.07) is 2.36. The molecule has 140 valence electrons. The molecule has 25 heavy (non-hydrogen) atoms. The molecule has 1 aliphatic rings. The van der Waals surface area contributed by atoms with Crippen LogP contribution in [0.5, 0.6) is 0 Å². The van der Waals surface area contributed by atoms with Crippen molar-refractivity contribution in [2.24, 2.45) is 5.92 Å². The topological polar surface area (TPSA) is 78.5 Å². The molecule has 6 nitrogen and oxygen atoms in total. The number of hydrogen-bond donors (Lipinski definition) is 2. The molecule has 1 heterocycles. The first-order chi connectivity index (χ1) is 11.9. The number of hydrogen-bond acceptors (Lipinski definition) is 4. The molecule has 1 aromatic rings. The number of carbonyl (C=O) groups excluding carboxylic acids is 1. The summed E-state index contributed by atoms with van der Waals surface area (Å²) >= 11 is 0. The van der Waals surface area contributed by atoms with Gasteiger partial charge in [-0.05, 0) is 51.1 Å². The van der Waals surface area contributed by atoms with Crippen LogP contribution in [0.3, 0.4) is 0 Å². The van der Waals surface area contributed by atoms with Gasteiger partial charge in [-0.1, -0.05) is 0 Å². The molecule has 1 aliphatic heterocycles. The minimum atomic E-state index is -4.11. The number of nitrogens with one attached hydrogen (secondary N) is 2. The Hall–Kier alpha value is -1.58. The average Bonchev–Trinajstić information content (AvgIpc) is 2.60. The second-order valence-electron chi connectivity index (χ2n) is 6.00. The van der Waals surface area contributed by atoms with Crippen LogP contribution in [-0.4, -0.2) is 51.9 Å². The van der Waals surface area contributed by atoms with E-state index in [2.05, 4.69) is 10.6 Å². The van der Waals surface area contributed by atoms with Crippen molar-refractivity contribution in [3.63, 3.8) is 0 Å². The molecule has 1 amide bonds. The van der Waals surface area contributed by atoms with Crippen molar-refractivity contribution < 1.29 is 22.0 Å². The fraction of sp³-hybridized carbons (Fsp3) is 0.562. The Bertz CT molecular complexity index is 705. The molecule has 9 heteroatoms. The van der Waals surface area contributed by atoms with Crippen LogP contribution in [0.2, 0.25) is 0 Å². The number of carbonyl (C=O) groups is 1. The maximum absolute atomic E-state index is 13.8. The maximum atomic E-state index is 13.8. The molecule has 1 fully saturated rings. The minimum absolute atomic E-state index is 0.0925. The Morgan fingerprint density at radius 2 is 1.92 bits per heavy atom. The van der Waals surface area contributed by atoms with Crippen molar-refractivity contribution >= 4 is 15.9 Å². The van der Waals surface area contributed by atoms with E-state index >= 15 is 0 Å². The minimum Gasteiger partial charge on any atom is -0.356 e. The number of rotatable bonds is 7. The summed E-state index contributed by atoms with van der Waals surface area (Å²) in [6.45, 7) is 1.57. The molecule has 0 aromatic heterocycles. The fourth-order valence-electron chi connectivity index (χ4n) is 2.79. The lowest BCUT2D eigenvalue weighted by Gasteiger charge is -2.30. The first-order valence-electron chi connectivity index (χ1n) is 8.23. The Balaban J connectivity index is 1.95. The van der Waals surface area contributed by atoms with E-state index in [1.807, 2.05) is 7.05 Å². The van der Waals surface area contributed by atoms with Crippen LogP contribution in [0, 0.1) is 17.6 Å². The quantitative estimate of drug-likeness (QED) is 0.700. The van der Waals surface area contributed by atoms with Gasteiger partial charge in [0.15, 0.2) is 0 Å². The molecule has 1 aromatic carbocycles. The molecular formula is C16H23F2N3O3S. The Morgan fingerprint density at radius 3 is 2.56 bits per heavy atom. The van der Waals surface area contributed by atoms with Gasteiger partial charge in [-0.15, -0.1) is 0 Å². The average molecular weight is 375 g/mol. The molecule has 0 radical (unpaired) electrons. The van der Waals surface area contributed by atoms with E-state index in [9.17, 15) is 22.0 Å². The van der Waals surface area contributed by atoms with Crippen molar-refractivity contribution in [3.8, 4) is 0 Å². The van der Waals surface area contributed by atoms with Crippen molar-refractivity contribution in [1.82, 2.24) is 14.9 Å². The molecule has 2 rings (SSSR count). The highest BCUT2D eigenvalue weighted by Crippen LogP contribution is 2.26. The van der Waals surface area contributed by atoms with Gasteiger partial charge in [-0.3, -0.25) is 4.79 Å². The zero-order chi connectivity index (χ0) is 18.4. The summed E-state index contributed by atoms with van der Waals surface area (Å²) in [5.74, 6) is -2.15. The maximum Gasteiger partial charge on any atom is 0.246 e. The summed E-state index contributed by atoms with van der Waals surface area (Å²) in [5, 5.41) is 5.82. The van der Waals surface area contributed by atoms with Gasteiger partial charge in [0.05, 0.1) is 0 Å². The van der Waals surface area contributed by atoms with E-state index in [0.717, 1.165) is 29.4 Å². The van der Waals surface area contributed by atoms with E-state index in [1.54, 1.807) is 0 Å². The number of piperidine rings is 1. The standard InChI is InChI=1S/C16H23F2N3O3S/c1-19-7-2-8-20-16(22)12-5-9-21(10-6-12)25(23,24)15-11-13(17)3-4-14(15)18/h3-4,11-12,19H,2,5-10H2,1H3,(H,20,22). The first-order valence-corrected chi connectivity index (χ1v) is 9.67. The predicted molar refractivity (Wildman–Crippen MR) is 89.4 cm³/mol.